The summed E-state index contributed by atoms with van der Waals surface area (Å²) in [5, 5.41) is 2.73. The number of piperidine rings is 1. The molecule has 1 aromatic carbocycles. The summed E-state index contributed by atoms with van der Waals surface area (Å²) in [5.74, 6) is 1.10. The molecular weight excluding hydrogens is 408 g/mol. The summed E-state index contributed by atoms with van der Waals surface area (Å²) in [6, 6.07) is 11.4. The number of fused-ring (bicyclic) bond motifs is 1. The van der Waals surface area contributed by atoms with Crippen molar-refractivity contribution in [2.75, 3.05) is 19.6 Å². The molecule has 1 amide bonds. The maximum absolute atomic E-state index is 13.0. The molecule has 2 N–H and O–H groups in total. The largest absolute Gasteiger partial charge is 0.356 e. The Balaban J connectivity index is 1.39. The second-order valence-electron chi connectivity index (χ2n) is 7.27. The number of hydrogen-bond acceptors (Lipinski definition) is 5. The van der Waals surface area contributed by atoms with Crippen molar-refractivity contribution in [2.45, 2.75) is 36.3 Å². The highest BCUT2D eigenvalue weighted by Crippen LogP contribution is 2.32. The Labute approximate surface area is 174 Å². The van der Waals surface area contributed by atoms with Gasteiger partial charge in [0, 0.05) is 37.4 Å². The van der Waals surface area contributed by atoms with E-state index >= 15 is 0 Å². The molecule has 0 radical (unpaired) electrons. The maximum atomic E-state index is 13.0. The van der Waals surface area contributed by atoms with Gasteiger partial charge in [0.15, 0.2) is 0 Å². The molecule has 0 saturated carbocycles. The molecule has 7 nitrogen and oxygen atoms in total. The zero-order valence-corrected chi connectivity index (χ0v) is 17.9. The van der Waals surface area contributed by atoms with E-state index in [1.807, 2.05) is 30.3 Å². The summed E-state index contributed by atoms with van der Waals surface area (Å²) in [6.45, 7) is 2.96. The van der Waals surface area contributed by atoms with Gasteiger partial charge in [-0.25, -0.2) is 13.4 Å². The van der Waals surface area contributed by atoms with E-state index in [1.165, 1.54) is 18.3 Å². The molecule has 29 heavy (non-hydrogen) atoms. The standard InChI is InChI=1S/C20H24N4O3S2/c1-14(25)21-11-8-16-6-7-19(28-16)29(26,27)24-12-9-15(10-13-24)20-22-17-4-2-3-5-18(17)23-20/h2-7,15H,8-13H2,1H3,(H,21,25)(H,22,23). The van der Waals surface area contributed by atoms with E-state index in [-0.39, 0.29) is 11.8 Å². The van der Waals surface area contributed by atoms with E-state index in [1.54, 1.807) is 10.4 Å². The van der Waals surface area contributed by atoms with Crippen molar-refractivity contribution < 1.29 is 13.2 Å². The summed E-state index contributed by atoms with van der Waals surface area (Å²) in [5.41, 5.74) is 1.96. The van der Waals surface area contributed by atoms with Crippen LogP contribution in [0, 0.1) is 0 Å². The van der Waals surface area contributed by atoms with Crippen LogP contribution in [-0.2, 0) is 21.2 Å². The number of rotatable bonds is 6. The zero-order valence-electron chi connectivity index (χ0n) is 16.2. The first kappa shape index (κ1) is 20.1. The number of carbonyl (C=O) groups excluding carboxylic acids is 1. The molecule has 4 rings (SSSR count). The number of nitrogens with one attached hydrogen (secondary N) is 2. The Hall–Kier alpha value is -2.23. The molecule has 0 bridgehead atoms. The number of sulfonamides is 1. The van der Waals surface area contributed by atoms with Crippen LogP contribution in [0.2, 0.25) is 0 Å². The van der Waals surface area contributed by atoms with Gasteiger partial charge >= 0.3 is 0 Å². The average molecular weight is 433 g/mol. The predicted molar refractivity (Wildman–Crippen MR) is 114 cm³/mol. The van der Waals surface area contributed by atoms with Crippen LogP contribution in [0.25, 0.3) is 11.0 Å². The summed E-state index contributed by atoms with van der Waals surface area (Å²) in [4.78, 5) is 20.0. The minimum Gasteiger partial charge on any atom is -0.356 e. The number of benzene rings is 1. The lowest BCUT2D eigenvalue weighted by atomic mass is 9.97. The number of imidazole rings is 1. The van der Waals surface area contributed by atoms with Gasteiger partial charge in [0.05, 0.1) is 11.0 Å². The topological polar surface area (TPSA) is 95.2 Å². The molecule has 2 aromatic heterocycles. The first-order chi connectivity index (χ1) is 13.9. The number of aromatic nitrogens is 2. The smallest absolute Gasteiger partial charge is 0.252 e. The van der Waals surface area contributed by atoms with Gasteiger partial charge < -0.3 is 10.3 Å². The Kier molecular flexibility index (Phi) is 5.71. The van der Waals surface area contributed by atoms with Gasteiger partial charge in [-0.15, -0.1) is 11.3 Å². The number of hydrogen-bond donors (Lipinski definition) is 2. The van der Waals surface area contributed by atoms with E-state index < -0.39 is 10.0 Å². The van der Waals surface area contributed by atoms with Gasteiger partial charge in [-0.1, -0.05) is 12.1 Å². The fourth-order valence-corrected chi connectivity index (χ4v) is 6.63. The monoisotopic (exact) mass is 432 g/mol. The molecule has 0 atom stereocenters. The van der Waals surface area contributed by atoms with Gasteiger partial charge in [-0.05, 0) is 43.5 Å². The van der Waals surface area contributed by atoms with Crippen molar-refractivity contribution in [3.05, 3.63) is 47.1 Å². The minimum atomic E-state index is -3.48. The highest BCUT2D eigenvalue weighted by atomic mass is 32.2. The third-order valence-electron chi connectivity index (χ3n) is 5.22. The molecule has 1 saturated heterocycles. The van der Waals surface area contributed by atoms with E-state index in [0.29, 0.717) is 30.3 Å². The minimum absolute atomic E-state index is 0.0817. The van der Waals surface area contributed by atoms with Crippen molar-refractivity contribution in [1.29, 1.82) is 0 Å². The summed E-state index contributed by atoms with van der Waals surface area (Å²) >= 11 is 1.29. The van der Waals surface area contributed by atoms with Crippen LogP contribution in [-0.4, -0.2) is 48.2 Å². The van der Waals surface area contributed by atoms with Crippen LogP contribution in [0.3, 0.4) is 0 Å². The first-order valence-electron chi connectivity index (χ1n) is 9.71. The molecule has 1 fully saturated rings. The lowest BCUT2D eigenvalue weighted by molar-refractivity contribution is -0.118. The quantitative estimate of drug-likeness (QED) is 0.626. The molecule has 1 aliphatic heterocycles. The van der Waals surface area contributed by atoms with Gasteiger partial charge in [0.1, 0.15) is 10.0 Å². The van der Waals surface area contributed by atoms with Crippen LogP contribution in [0.15, 0.2) is 40.6 Å². The highest BCUT2D eigenvalue weighted by molar-refractivity contribution is 7.91. The Morgan fingerprint density at radius 1 is 1.24 bits per heavy atom. The Bertz CT molecular complexity index is 1080. The zero-order chi connectivity index (χ0) is 20.4. The summed E-state index contributed by atoms with van der Waals surface area (Å²) in [6.07, 6.45) is 2.13. The first-order valence-corrected chi connectivity index (χ1v) is 12.0. The van der Waals surface area contributed by atoms with E-state index in [9.17, 15) is 13.2 Å². The van der Waals surface area contributed by atoms with Crippen LogP contribution in [0.5, 0.6) is 0 Å². The normalized spacial score (nSPS) is 16.3. The van der Waals surface area contributed by atoms with Crippen molar-refractivity contribution in [2.24, 2.45) is 0 Å². The molecule has 9 heteroatoms. The molecule has 154 valence electrons. The molecule has 0 spiro atoms. The Morgan fingerprint density at radius 3 is 2.72 bits per heavy atom. The van der Waals surface area contributed by atoms with E-state index in [2.05, 4.69) is 15.3 Å². The second kappa shape index (κ2) is 8.25. The third-order valence-corrected chi connectivity index (χ3v) is 8.74. The van der Waals surface area contributed by atoms with Crippen molar-refractivity contribution >= 4 is 38.3 Å². The number of nitrogens with zero attached hydrogens (tertiary/aromatic N) is 2. The van der Waals surface area contributed by atoms with Crippen molar-refractivity contribution in [3.8, 4) is 0 Å². The van der Waals surface area contributed by atoms with Gasteiger partial charge in [0.2, 0.25) is 5.91 Å². The highest BCUT2D eigenvalue weighted by Gasteiger charge is 2.32. The number of H-pyrrole nitrogens is 1. The number of carbonyl (C=O) groups is 1. The predicted octanol–water partition coefficient (Wildman–Crippen LogP) is 2.87. The molecule has 0 unspecified atom stereocenters. The molecule has 0 aliphatic carbocycles. The molecule has 1 aliphatic rings. The lowest BCUT2D eigenvalue weighted by Crippen LogP contribution is -2.37. The molecule has 3 aromatic rings. The average Bonchev–Trinajstić information content (AvgIpc) is 3.35. The van der Waals surface area contributed by atoms with E-state index in [0.717, 1.165) is 34.6 Å². The SMILES string of the molecule is CC(=O)NCCc1ccc(S(=O)(=O)N2CCC(c3nc4ccccc4[nH]3)CC2)s1. The number of aromatic amines is 1. The maximum Gasteiger partial charge on any atom is 0.252 e. The second-order valence-corrected chi connectivity index (χ2v) is 10.6. The van der Waals surface area contributed by atoms with E-state index in [4.69, 9.17) is 0 Å². The molecule has 3 heterocycles. The fourth-order valence-electron chi connectivity index (χ4n) is 3.66. The Morgan fingerprint density at radius 2 is 2.00 bits per heavy atom. The van der Waals surface area contributed by atoms with Gasteiger partial charge in [0.25, 0.3) is 10.0 Å². The van der Waals surface area contributed by atoms with Gasteiger partial charge in [-0.3, -0.25) is 4.79 Å². The fraction of sp³-hybridized carbons (Fsp3) is 0.400. The van der Waals surface area contributed by atoms with Crippen LogP contribution in [0.4, 0.5) is 0 Å². The van der Waals surface area contributed by atoms with Gasteiger partial charge in [-0.2, -0.15) is 4.31 Å². The van der Waals surface area contributed by atoms with Crippen LogP contribution >= 0.6 is 11.3 Å². The van der Waals surface area contributed by atoms with Crippen LogP contribution < -0.4 is 5.32 Å². The number of thiophene rings is 1. The summed E-state index contributed by atoms with van der Waals surface area (Å²) in [7, 11) is -3.48. The van der Waals surface area contributed by atoms with Crippen molar-refractivity contribution in [1.82, 2.24) is 19.6 Å². The van der Waals surface area contributed by atoms with Crippen LogP contribution in [0.1, 0.15) is 36.4 Å². The third kappa shape index (κ3) is 4.36. The summed E-state index contributed by atoms with van der Waals surface area (Å²) < 4.78 is 28.0. The lowest BCUT2D eigenvalue weighted by Gasteiger charge is -2.29. The molecular formula is C20H24N4O3S2. The van der Waals surface area contributed by atoms with Crippen molar-refractivity contribution in [3.63, 3.8) is 0 Å². The number of amides is 1. The number of para-hydroxylation sites is 2.